The first kappa shape index (κ1) is 60.9. The van der Waals surface area contributed by atoms with Gasteiger partial charge in [-0.25, -0.2) is 0 Å². The summed E-state index contributed by atoms with van der Waals surface area (Å²) in [5.41, 5.74) is 6.13. The first-order chi connectivity index (χ1) is 25.2. The molecule has 0 unspecified atom stereocenters. The van der Waals surface area contributed by atoms with Crippen molar-refractivity contribution in [3.05, 3.63) is 120 Å². The van der Waals surface area contributed by atoms with Crippen LogP contribution < -0.4 is 0 Å². The fourth-order valence-corrected chi connectivity index (χ4v) is 2.45. The van der Waals surface area contributed by atoms with Crippen LogP contribution in [0.2, 0.25) is 0 Å². The molecule has 23 heteroatoms. The standard InChI is InChI=1S/2C13H12N2.4C2H3N.2F6P.Ru/c2*1-11-5-7-12(8-6-11)15-10-13-4-2-3-9-14-13;4*1-2-3;2*1-7(2,3,4,5)6;/h2*2-10H,1H3;4*1H3;;;/q;;;;;;2*-1;+2. The zero-order valence-corrected chi connectivity index (χ0v) is 34.3. The van der Waals surface area contributed by atoms with Crippen LogP contribution in [0.25, 0.3) is 0 Å². The summed E-state index contributed by atoms with van der Waals surface area (Å²) in [6.07, 6.45) is 7.06. The van der Waals surface area contributed by atoms with Gasteiger partial charge in [-0.05, 0) is 62.4 Å². The van der Waals surface area contributed by atoms with E-state index in [0.717, 1.165) is 22.8 Å². The molecule has 0 fully saturated rings. The predicted octanol–water partition coefficient (Wildman–Crippen LogP) is 15.2. The van der Waals surface area contributed by atoms with Gasteiger partial charge < -0.3 is 0 Å². The van der Waals surface area contributed by atoms with E-state index in [0.29, 0.717) is 0 Å². The number of aromatic nitrogens is 2. The third-order valence-corrected chi connectivity index (χ3v) is 4.14. The van der Waals surface area contributed by atoms with Crippen LogP contribution in [0.4, 0.5) is 61.7 Å². The van der Waals surface area contributed by atoms with Crippen molar-refractivity contribution in [1.82, 2.24) is 9.97 Å². The Morgan fingerprint density at radius 1 is 0.456 bits per heavy atom. The van der Waals surface area contributed by atoms with E-state index in [1.54, 1.807) is 49.1 Å². The van der Waals surface area contributed by atoms with Gasteiger partial charge >= 0.3 is 85.5 Å². The number of benzene rings is 2. The number of rotatable bonds is 4. The number of nitriles is 4. The van der Waals surface area contributed by atoms with Gasteiger partial charge in [0.05, 0.1) is 59.5 Å². The molecule has 0 amide bonds. The van der Waals surface area contributed by atoms with Crippen LogP contribution in [0.5, 0.6) is 0 Å². The summed E-state index contributed by atoms with van der Waals surface area (Å²) in [6.45, 7) is 9.85. The number of halogens is 12. The number of pyridine rings is 2. The molecule has 2 aromatic carbocycles. The van der Waals surface area contributed by atoms with E-state index in [1.165, 1.54) is 38.8 Å². The SMILES string of the molecule is CC#N.CC#N.CC#N.CC#N.Cc1ccc(N=Cc2ccccn2)cc1.Cc1ccc(N=Cc2ccccn2)cc1.F[P-](F)(F)(F)(F)F.F[P-](F)(F)(F)(F)F.[Ru+2]. The smallest absolute Gasteiger partial charge is 2.00 e. The number of aryl methyl sites for hydroxylation is 2. The van der Waals surface area contributed by atoms with Gasteiger partial charge in [0.1, 0.15) is 0 Å². The van der Waals surface area contributed by atoms with Crippen LogP contribution in [-0.2, 0) is 19.5 Å². The molecule has 2 heterocycles. The number of aliphatic imine (C=N–C) groups is 2. The molecule has 4 aromatic rings. The molecule has 0 saturated heterocycles. The normalized spacial score (nSPS) is 11.9. The minimum atomic E-state index is -10.7. The quantitative estimate of drug-likeness (QED) is 0.0861. The maximum absolute atomic E-state index is 10.7. The van der Waals surface area contributed by atoms with Gasteiger partial charge in [-0.3, -0.25) is 20.0 Å². The zero-order valence-electron chi connectivity index (χ0n) is 30.8. The maximum atomic E-state index is 9.87. The van der Waals surface area contributed by atoms with Crippen LogP contribution >= 0.6 is 15.6 Å². The van der Waals surface area contributed by atoms with Crippen molar-refractivity contribution in [3.63, 3.8) is 0 Å². The Hall–Kier alpha value is -5.32. The molecule has 0 aliphatic heterocycles. The molecule has 2 aromatic heterocycles. The molecule has 314 valence electrons. The van der Waals surface area contributed by atoms with Crippen LogP contribution in [0.3, 0.4) is 0 Å². The summed E-state index contributed by atoms with van der Waals surface area (Å²) in [4.78, 5) is 17.0. The molecule has 0 spiro atoms. The van der Waals surface area contributed by atoms with E-state index >= 15 is 0 Å². The van der Waals surface area contributed by atoms with Crippen LogP contribution in [0.15, 0.2) is 107 Å². The Balaban J connectivity index is -0.000000199. The third kappa shape index (κ3) is 72.6. The summed E-state index contributed by atoms with van der Waals surface area (Å²) in [5.74, 6) is 0. The molecule has 0 atom stereocenters. The minimum Gasteiger partial charge on any atom is 2.00 e. The van der Waals surface area contributed by atoms with Crippen LogP contribution in [-0.4, -0.2) is 22.4 Å². The largest absolute Gasteiger partial charge is 2.00 e. The average Bonchev–Trinajstić information content (AvgIpc) is 3.04. The van der Waals surface area contributed by atoms with Crippen molar-refractivity contribution >= 4 is 39.4 Å². The summed E-state index contributed by atoms with van der Waals surface area (Å²) >= 11 is 0. The molecule has 0 N–H and O–H groups in total. The van der Waals surface area contributed by atoms with E-state index in [1.807, 2.05) is 84.9 Å². The summed E-state index contributed by atoms with van der Waals surface area (Å²) in [5, 5.41) is 29.3. The number of hydrogen-bond donors (Lipinski definition) is 0. The fraction of sp³-hybridized carbons (Fsp3) is 0.176. The van der Waals surface area contributed by atoms with Gasteiger partial charge in [-0.2, -0.15) is 21.0 Å². The van der Waals surface area contributed by atoms with Gasteiger partial charge in [0.15, 0.2) is 0 Å². The van der Waals surface area contributed by atoms with Crippen LogP contribution in [0.1, 0.15) is 50.2 Å². The van der Waals surface area contributed by atoms with Gasteiger partial charge in [0.2, 0.25) is 0 Å². The Morgan fingerprint density at radius 2 is 0.667 bits per heavy atom. The van der Waals surface area contributed by atoms with E-state index in [9.17, 15) is 50.4 Å². The van der Waals surface area contributed by atoms with Crippen molar-refractivity contribution in [2.24, 2.45) is 9.98 Å². The van der Waals surface area contributed by atoms with Gasteiger partial charge in [0, 0.05) is 40.1 Å². The summed E-state index contributed by atoms with van der Waals surface area (Å²) < 4.78 is 118. The monoisotopic (exact) mass is 948 g/mol. The van der Waals surface area contributed by atoms with Gasteiger partial charge in [-0.15, -0.1) is 0 Å². The molecule has 0 bridgehead atoms. The van der Waals surface area contributed by atoms with Crippen molar-refractivity contribution in [2.45, 2.75) is 41.5 Å². The molecule has 0 aliphatic rings. The van der Waals surface area contributed by atoms with Crippen LogP contribution in [0, 0.1) is 59.2 Å². The number of hydrogen-bond acceptors (Lipinski definition) is 8. The molecule has 0 saturated carbocycles. The summed E-state index contributed by atoms with van der Waals surface area (Å²) in [7, 11) is -21.3. The Bertz CT molecular complexity index is 1720. The second-order valence-electron chi connectivity index (χ2n) is 9.51. The third-order valence-electron chi connectivity index (χ3n) is 4.14. The topological polar surface area (TPSA) is 146 Å². The van der Waals surface area contributed by atoms with Crippen molar-refractivity contribution in [3.8, 4) is 24.3 Å². The van der Waals surface area contributed by atoms with Crippen molar-refractivity contribution in [1.29, 1.82) is 21.0 Å². The first-order valence-electron chi connectivity index (χ1n) is 14.6. The molecule has 8 nitrogen and oxygen atoms in total. The minimum absolute atomic E-state index is 0. The predicted molar refractivity (Wildman–Crippen MR) is 198 cm³/mol. The summed E-state index contributed by atoms with van der Waals surface area (Å²) in [6, 6.07) is 34.7. The molecule has 0 aliphatic carbocycles. The van der Waals surface area contributed by atoms with E-state index in [2.05, 4.69) is 33.8 Å². The van der Waals surface area contributed by atoms with Crippen molar-refractivity contribution < 1.29 is 69.8 Å². The Labute approximate surface area is 335 Å². The second kappa shape index (κ2) is 26.5. The molecule has 4 rings (SSSR count). The number of nitrogens with zero attached hydrogens (tertiary/aromatic N) is 8. The van der Waals surface area contributed by atoms with Gasteiger partial charge in [-0.1, -0.05) is 47.5 Å². The fourth-order valence-electron chi connectivity index (χ4n) is 2.45. The van der Waals surface area contributed by atoms with E-state index in [-0.39, 0.29) is 19.5 Å². The van der Waals surface area contributed by atoms with E-state index < -0.39 is 15.6 Å². The first-order valence-corrected chi connectivity index (χ1v) is 18.7. The second-order valence-corrected chi connectivity index (χ2v) is 13.3. The molecule has 0 radical (unpaired) electrons. The molecule has 57 heavy (non-hydrogen) atoms. The van der Waals surface area contributed by atoms with Crippen molar-refractivity contribution in [2.75, 3.05) is 0 Å². The maximum Gasteiger partial charge on any atom is 2.00 e. The van der Waals surface area contributed by atoms with Gasteiger partial charge in [0.25, 0.3) is 0 Å². The molecular weight excluding hydrogens is 911 g/mol. The zero-order chi connectivity index (χ0) is 44.7. The average molecular weight is 948 g/mol. The molecular formula is C34H36F12N8P2Ru. The van der Waals surface area contributed by atoms with E-state index in [4.69, 9.17) is 21.0 Å². The Morgan fingerprint density at radius 3 is 0.842 bits per heavy atom. The Kier molecular flexibility index (Phi) is 28.3.